The van der Waals surface area contributed by atoms with Gasteiger partial charge < -0.3 is 5.32 Å². The fourth-order valence-electron chi connectivity index (χ4n) is 1.97. The first-order valence-electron chi connectivity index (χ1n) is 5.75. The van der Waals surface area contributed by atoms with Gasteiger partial charge in [0.2, 0.25) is 0 Å². The lowest BCUT2D eigenvalue weighted by molar-refractivity contribution is 0.589. The van der Waals surface area contributed by atoms with Crippen molar-refractivity contribution in [1.82, 2.24) is 15.3 Å². The summed E-state index contributed by atoms with van der Waals surface area (Å²) in [6.07, 6.45) is 4.73. The maximum absolute atomic E-state index is 4.49. The number of aromatic nitrogens is 2. The lowest BCUT2D eigenvalue weighted by Gasteiger charge is -2.14. The van der Waals surface area contributed by atoms with E-state index in [9.17, 15) is 0 Å². The van der Waals surface area contributed by atoms with Gasteiger partial charge in [0.05, 0.1) is 15.2 Å². The molecule has 18 heavy (non-hydrogen) atoms. The second-order valence-electron chi connectivity index (χ2n) is 4.04. The zero-order valence-corrected chi connectivity index (χ0v) is 11.6. The van der Waals surface area contributed by atoms with Crippen LogP contribution in [0.2, 0.25) is 0 Å². The summed E-state index contributed by atoms with van der Waals surface area (Å²) in [6.45, 7) is 0. The highest BCUT2D eigenvalue weighted by atomic mass is 32.1. The van der Waals surface area contributed by atoms with Crippen LogP contribution in [0.4, 0.5) is 0 Å². The summed E-state index contributed by atoms with van der Waals surface area (Å²) >= 11 is 3.43. The van der Waals surface area contributed by atoms with Gasteiger partial charge >= 0.3 is 0 Å². The minimum atomic E-state index is 0.273. The first kappa shape index (κ1) is 11.8. The van der Waals surface area contributed by atoms with Gasteiger partial charge in [-0.15, -0.1) is 22.7 Å². The zero-order chi connectivity index (χ0) is 12.4. The highest BCUT2D eigenvalue weighted by Crippen LogP contribution is 2.24. The molecule has 92 valence electrons. The largest absolute Gasteiger partial charge is 0.313 e. The van der Waals surface area contributed by atoms with E-state index in [1.807, 2.05) is 24.8 Å². The van der Waals surface area contributed by atoms with E-state index in [0.29, 0.717) is 0 Å². The van der Waals surface area contributed by atoms with E-state index in [0.717, 1.165) is 16.9 Å². The molecule has 3 nitrogen and oxygen atoms in total. The molecule has 3 heterocycles. The normalized spacial score (nSPS) is 12.9. The standard InChI is InChI=1S/C13H13N3S2/c1-14-11(7-13-15-3-5-18-13)9-6-12-10(16-8-9)2-4-17-12/h2-6,8,11,14H,7H2,1H3. The summed E-state index contributed by atoms with van der Waals surface area (Å²) in [6, 6.07) is 4.55. The molecule has 0 bridgehead atoms. The van der Waals surface area contributed by atoms with E-state index in [1.165, 1.54) is 10.3 Å². The summed E-state index contributed by atoms with van der Waals surface area (Å²) in [5.41, 5.74) is 2.30. The van der Waals surface area contributed by atoms with E-state index < -0.39 is 0 Å². The highest BCUT2D eigenvalue weighted by molar-refractivity contribution is 7.17. The summed E-state index contributed by atoms with van der Waals surface area (Å²) in [4.78, 5) is 8.84. The minimum absolute atomic E-state index is 0.273. The number of nitrogens with one attached hydrogen (secondary N) is 1. The van der Waals surface area contributed by atoms with Crippen molar-refractivity contribution in [3.8, 4) is 0 Å². The van der Waals surface area contributed by atoms with Crippen LogP contribution in [0.1, 0.15) is 16.6 Å². The van der Waals surface area contributed by atoms with Crippen molar-refractivity contribution in [2.45, 2.75) is 12.5 Å². The molecule has 0 radical (unpaired) electrons. The fourth-order valence-corrected chi connectivity index (χ4v) is 3.42. The Balaban J connectivity index is 1.90. The predicted molar refractivity (Wildman–Crippen MR) is 77.2 cm³/mol. The maximum Gasteiger partial charge on any atom is 0.0943 e. The third-order valence-corrected chi connectivity index (χ3v) is 4.59. The Morgan fingerprint density at radius 3 is 3.00 bits per heavy atom. The van der Waals surface area contributed by atoms with E-state index in [4.69, 9.17) is 0 Å². The number of fused-ring (bicyclic) bond motifs is 1. The van der Waals surface area contributed by atoms with Gasteiger partial charge in [0.25, 0.3) is 0 Å². The van der Waals surface area contributed by atoms with Crippen LogP contribution in [0.5, 0.6) is 0 Å². The second kappa shape index (κ2) is 5.14. The molecule has 1 atom stereocenters. The number of hydrogen-bond acceptors (Lipinski definition) is 5. The topological polar surface area (TPSA) is 37.8 Å². The van der Waals surface area contributed by atoms with Gasteiger partial charge in [0.1, 0.15) is 0 Å². The Labute approximate surface area is 114 Å². The number of likely N-dealkylation sites (N-methyl/N-ethyl adjacent to an activating group) is 1. The maximum atomic E-state index is 4.49. The van der Waals surface area contributed by atoms with Crippen LogP contribution in [0.15, 0.2) is 35.3 Å². The van der Waals surface area contributed by atoms with Crippen molar-refractivity contribution in [3.63, 3.8) is 0 Å². The summed E-state index contributed by atoms with van der Waals surface area (Å²) in [5.74, 6) is 0. The van der Waals surface area contributed by atoms with Gasteiger partial charge in [-0.25, -0.2) is 4.98 Å². The number of thiophene rings is 1. The molecule has 0 aliphatic rings. The summed E-state index contributed by atoms with van der Waals surface area (Å²) < 4.78 is 1.24. The molecule has 1 N–H and O–H groups in total. The molecule has 0 aliphatic heterocycles. The smallest absolute Gasteiger partial charge is 0.0943 e. The monoisotopic (exact) mass is 275 g/mol. The third kappa shape index (κ3) is 2.29. The van der Waals surface area contributed by atoms with Crippen molar-refractivity contribution in [2.24, 2.45) is 0 Å². The lowest BCUT2D eigenvalue weighted by atomic mass is 10.1. The number of rotatable bonds is 4. The first-order valence-corrected chi connectivity index (χ1v) is 7.51. The average molecular weight is 275 g/mol. The molecule has 0 saturated carbocycles. The van der Waals surface area contributed by atoms with Crippen molar-refractivity contribution < 1.29 is 0 Å². The van der Waals surface area contributed by atoms with E-state index in [-0.39, 0.29) is 6.04 Å². The Kier molecular flexibility index (Phi) is 3.36. The Bertz CT molecular complexity index is 631. The first-order chi connectivity index (χ1) is 8.86. The Hall–Kier alpha value is -1.30. The Morgan fingerprint density at radius 2 is 2.22 bits per heavy atom. The van der Waals surface area contributed by atoms with E-state index in [2.05, 4.69) is 32.8 Å². The van der Waals surface area contributed by atoms with Crippen LogP contribution in [0, 0.1) is 0 Å². The molecule has 0 aliphatic carbocycles. The Morgan fingerprint density at radius 1 is 1.28 bits per heavy atom. The van der Waals surface area contributed by atoms with Gasteiger partial charge in [-0.1, -0.05) is 0 Å². The van der Waals surface area contributed by atoms with Gasteiger partial charge in [-0.2, -0.15) is 0 Å². The van der Waals surface area contributed by atoms with Gasteiger partial charge in [0.15, 0.2) is 0 Å². The van der Waals surface area contributed by atoms with Crippen molar-refractivity contribution in [2.75, 3.05) is 7.05 Å². The van der Waals surface area contributed by atoms with E-state index in [1.54, 1.807) is 22.7 Å². The van der Waals surface area contributed by atoms with Crippen LogP contribution in [-0.4, -0.2) is 17.0 Å². The summed E-state index contributed by atoms with van der Waals surface area (Å²) in [7, 11) is 1.98. The molecule has 5 heteroatoms. The molecule has 3 aromatic heterocycles. The van der Waals surface area contributed by atoms with Gasteiger partial charge in [0, 0.05) is 30.2 Å². The number of hydrogen-bond donors (Lipinski definition) is 1. The minimum Gasteiger partial charge on any atom is -0.313 e. The predicted octanol–water partition coefficient (Wildman–Crippen LogP) is 3.26. The molecule has 3 aromatic rings. The second-order valence-corrected chi connectivity index (χ2v) is 5.97. The highest BCUT2D eigenvalue weighted by Gasteiger charge is 2.13. The lowest BCUT2D eigenvalue weighted by Crippen LogP contribution is -2.18. The number of nitrogens with zero attached hydrogens (tertiary/aromatic N) is 2. The molecular formula is C13H13N3S2. The molecular weight excluding hydrogens is 262 g/mol. The molecule has 0 aromatic carbocycles. The SMILES string of the molecule is CNC(Cc1nccs1)c1cnc2ccsc2c1. The van der Waals surface area contributed by atoms with E-state index >= 15 is 0 Å². The van der Waals surface area contributed by atoms with Crippen LogP contribution in [0.3, 0.4) is 0 Å². The average Bonchev–Trinajstić information content (AvgIpc) is 3.06. The zero-order valence-electron chi connectivity index (χ0n) is 9.96. The summed E-state index contributed by atoms with van der Waals surface area (Å²) in [5, 5.41) is 8.59. The van der Waals surface area contributed by atoms with Gasteiger partial charge in [-0.05, 0) is 30.1 Å². The number of pyridine rings is 1. The molecule has 0 fully saturated rings. The van der Waals surface area contributed by atoms with Crippen molar-refractivity contribution >= 4 is 32.9 Å². The number of thiazole rings is 1. The van der Waals surface area contributed by atoms with Gasteiger partial charge in [-0.3, -0.25) is 4.98 Å². The molecule has 0 spiro atoms. The molecule has 0 saturated heterocycles. The molecule has 0 amide bonds. The van der Waals surface area contributed by atoms with Crippen LogP contribution >= 0.6 is 22.7 Å². The third-order valence-electron chi connectivity index (χ3n) is 2.94. The molecule has 1 unspecified atom stereocenters. The van der Waals surface area contributed by atoms with Crippen LogP contribution in [-0.2, 0) is 6.42 Å². The van der Waals surface area contributed by atoms with Crippen LogP contribution < -0.4 is 5.32 Å². The molecule has 3 rings (SSSR count). The van der Waals surface area contributed by atoms with Crippen molar-refractivity contribution in [3.05, 3.63) is 45.9 Å². The fraction of sp³-hybridized carbons (Fsp3) is 0.231. The van der Waals surface area contributed by atoms with Crippen LogP contribution in [0.25, 0.3) is 10.2 Å². The van der Waals surface area contributed by atoms with Crippen molar-refractivity contribution in [1.29, 1.82) is 0 Å². The quantitative estimate of drug-likeness (QED) is 0.794.